The van der Waals surface area contributed by atoms with Gasteiger partial charge in [-0.2, -0.15) is 5.10 Å². The molecule has 0 radical (unpaired) electrons. The first kappa shape index (κ1) is 22.3. The first-order valence-corrected chi connectivity index (χ1v) is 10.7. The van der Waals surface area contributed by atoms with E-state index in [9.17, 15) is 9.59 Å². The van der Waals surface area contributed by atoms with Gasteiger partial charge in [-0.1, -0.05) is 56.7 Å². The van der Waals surface area contributed by atoms with Gasteiger partial charge in [-0.25, -0.2) is 4.68 Å². The zero-order valence-corrected chi connectivity index (χ0v) is 18.6. The van der Waals surface area contributed by atoms with Crippen LogP contribution in [-0.4, -0.2) is 27.6 Å². The van der Waals surface area contributed by atoms with Crippen LogP contribution in [0.25, 0.3) is 5.69 Å². The van der Waals surface area contributed by atoms with Crippen LogP contribution in [0.3, 0.4) is 0 Å². The molecule has 0 saturated carbocycles. The number of hydrogen-bond donors (Lipinski definition) is 2. The molecule has 0 aliphatic rings. The number of rotatable bonds is 8. The summed E-state index contributed by atoms with van der Waals surface area (Å²) in [5.74, 6) is -0.433. The highest BCUT2D eigenvalue weighted by Crippen LogP contribution is 2.18. The predicted molar refractivity (Wildman–Crippen MR) is 122 cm³/mol. The largest absolute Gasteiger partial charge is 0.350 e. The van der Waals surface area contributed by atoms with E-state index < -0.39 is 6.04 Å². The van der Waals surface area contributed by atoms with E-state index in [1.807, 2.05) is 80.9 Å². The molecule has 0 aliphatic heterocycles. The van der Waals surface area contributed by atoms with Crippen LogP contribution in [0.4, 0.5) is 0 Å². The summed E-state index contributed by atoms with van der Waals surface area (Å²) in [4.78, 5) is 25.6. The average Bonchev–Trinajstić information content (AvgIpc) is 3.09. The molecule has 2 N–H and O–H groups in total. The Labute approximate surface area is 183 Å². The number of aromatic nitrogens is 2. The van der Waals surface area contributed by atoms with Gasteiger partial charge in [0.1, 0.15) is 6.04 Å². The Morgan fingerprint density at radius 3 is 2.23 bits per heavy atom. The number of carbonyl (C=O) groups excluding carboxylic acids is 2. The van der Waals surface area contributed by atoms with E-state index in [0.717, 1.165) is 29.1 Å². The zero-order valence-electron chi connectivity index (χ0n) is 18.6. The smallest absolute Gasteiger partial charge is 0.251 e. The van der Waals surface area contributed by atoms with Crippen LogP contribution in [0.5, 0.6) is 0 Å². The number of hydrogen-bond acceptors (Lipinski definition) is 3. The maximum Gasteiger partial charge on any atom is 0.251 e. The second kappa shape index (κ2) is 10.1. The van der Waals surface area contributed by atoms with Crippen molar-refractivity contribution in [2.45, 2.75) is 46.7 Å². The Morgan fingerprint density at radius 2 is 1.61 bits per heavy atom. The molecule has 2 atom stereocenters. The van der Waals surface area contributed by atoms with Crippen molar-refractivity contribution in [2.24, 2.45) is 5.92 Å². The van der Waals surface area contributed by atoms with Crippen LogP contribution in [0.2, 0.25) is 0 Å². The van der Waals surface area contributed by atoms with Gasteiger partial charge in [0.15, 0.2) is 0 Å². The lowest BCUT2D eigenvalue weighted by molar-refractivity contribution is -0.124. The van der Waals surface area contributed by atoms with Gasteiger partial charge in [0.05, 0.1) is 11.4 Å². The molecule has 6 nitrogen and oxygen atoms in total. The van der Waals surface area contributed by atoms with Crippen molar-refractivity contribution in [2.75, 3.05) is 0 Å². The number of carbonyl (C=O) groups is 2. The number of aryl methyl sites for hydroxylation is 1. The van der Waals surface area contributed by atoms with Gasteiger partial charge < -0.3 is 10.6 Å². The lowest BCUT2D eigenvalue weighted by atomic mass is 9.97. The molecule has 162 valence electrons. The topological polar surface area (TPSA) is 76.0 Å². The summed E-state index contributed by atoms with van der Waals surface area (Å²) in [5.41, 5.74) is 4.36. The second-order valence-corrected chi connectivity index (χ2v) is 7.82. The van der Waals surface area contributed by atoms with Crippen molar-refractivity contribution < 1.29 is 9.59 Å². The summed E-state index contributed by atoms with van der Waals surface area (Å²) in [7, 11) is 0. The molecule has 1 aromatic heterocycles. The van der Waals surface area contributed by atoms with Gasteiger partial charge >= 0.3 is 0 Å². The summed E-state index contributed by atoms with van der Waals surface area (Å²) >= 11 is 0. The Balaban J connectivity index is 1.73. The molecule has 1 heterocycles. The molecule has 3 rings (SSSR count). The molecular formula is C25H30N4O2. The SMILES string of the molecule is CCC(C)C(NC(=O)c1ccccc1)C(=O)NCc1c(C)nn(-c2ccccc2)c1C. The fourth-order valence-electron chi connectivity index (χ4n) is 3.55. The molecule has 2 aromatic carbocycles. The average molecular weight is 419 g/mol. The number of benzene rings is 2. The first-order valence-electron chi connectivity index (χ1n) is 10.7. The lowest BCUT2D eigenvalue weighted by Crippen LogP contribution is -2.50. The van der Waals surface area contributed by atoms with Crippen molar-refractivity contribution in [1.29, 1.82) is 0 Å². The molecular weight excluding hydrogens is 388 g/mol. The first-order chi connectivity index (χ1) is 14.9. The van der Waals surface area contributed by atoms with Crippen LogP contribution in [0.1, 0.15) is 47.6 Å². The van der Waals surface area contributed by atoms with E-state index in [0.29, 0.717) is 12.1 Å². The molecule has 3 aromatic rings. The molecule has 2 amide bonds. The maximum absolute atomic E-state index is 13.0. The van der Waals surface area contributed by atoms with Crippen molar-refractivity contribution in [1.82, 2.24) is 20.4 Å². The van der Waals surface area contributed by atoms with Gasteiger partial charge in [-0.05, 0) is 44.0 Å². The Hall–Kier alpha value is -3.41. The van der Waals surface area contributed by atoms with Crippen molar-refractivity contribution in [3.8, 4) is 5.69 Å². The van der Waals surface area contributed by atoms with Gasteiger partial charge in [0, 0.05) is 23.4 Å². The van der Waals surface area contributed by atoms with E-state index >= 15 is 0 Å². The van der Waals surface area contributed by atoms with Crippen LogP contribution in [0, 0.1) is 19.8 Å². The molecule has 0 saturated heterocycles. The quantitative estimate of drug-likeness (QED) is 0.582. The van der Waals surface area contributed by atoms with Crippen LogP contribution >= 0.6 is 0 Å². The molecule has 2 unspecified atom stereocenters. The highest BCUT2D eigenvalue weighted by molar-refractivity contribution is 5.97. The van der Waals surface area contributed by atoms with Gasteiger partial charge in [-0.3, -0.25) is 9.59 Å². The third kappa shape index (κ3) is 5.20. The van der Waals surface area contributed by atoms with Crippen molar-refractivity contribution >= 4 is 11.8 Å². The zero-order chi connectivity index (χ0) is 22.4. The minimum absolute atomic E-state index is 0.00176. The van der Waals surface area contributed by atoms with Crippen LogP contribution in [0.15, 0.2) is 60.7 Å². The molecule has 0 bridgehead atoms. The van der Waals surface area contributed by atoms with Gasteiger partial charge in [0.25, 0.3) is 5.91 Å². The van der Waals surface area contributed by atoms with E-state index in [2.05, 4.69) is 15.7 Å². The Bertz CT molecular complexity index is 1030. The monoisotopic (exact) mass is 418 g/mol. The molecule has 6 heteroatoms. The fourth-order valence-corrected chi connectivity index (χ4v) is 3.55. The van der Waals surface area contributed by atoms with Gasteiger partial charge in [-0.15, -0.1) is 0 Å². The summed E-state index contributed by atoms with van der Waals surface area (Å²) < 4.78 is 1.89. The van der Waals surface area contributed by atoms with Crippen molar-refractivity contribution in [3.05, 3.63) is 83.2 Å². The summed E-state index contributed by atoms with van der Waals surface area (Å²) in [6.45, 7) is 8.28. The standard InChI is InChI=1S/C25H30N4O2/c1-5-17(2)23(27-24(30)20-12-8-6-9-13-20)25(31)26-16-22-18(3)28-29(19(22)4)21-14-10-7-11-15-21/h6-15,17,23H,5,16H2,1-4H3,(H,26,31)(H,27,30). The van der Waals surface area contributed by atoms with E-state index in [1.165, 1.54) is 0 Å². The Morgan fingerprint density at radius 1 is 1.00 bits per heavy atom. The van der Waals surface area contributed by atoms with E-state index in [1.54, 1.807) is 12.1 Å². The number of amides is 2. The maximum atomic E-state index is 13.0. The summed E-state index contributed by atoms with van der Waals surface area (Å²) in [6.07, 6.45) is 0.775. The van der Waals surface area contributed by atoms with Gasteiger partial charge in [0.2, 0.25) is 5.91 Å². The second-order valence-electron chi connectivity index (χ2n) is 7.82. The molecule has 0 fully saturated rings. The normalized spacial score (nSPS) is 12.8. The van der Waals surface area contributed by atoms with Crippen LogP contribution in [-0.2, 0) is 11.3 Å². The van der Waals surface area contributed by atoms with Crippen LogP contribution < -0.4 is 10.6 Å². The fraction of sp³-hybridized carbons (Fsp3) is 0.320. The number of nitrogens with zero attached hydrogens (tertiary/aromatic N) is 2. The van der Waals surface area contributed by atoms with Crippen molar-refractivity contribution in [3.63, 3.8) is 0 Å². The molecule has 0 spiro atoms. The number of nitrogens with one attached hydrogen (secondary N) is 2. The van der Waals surface area contributed by atoms with E-state index in [-0.39, 0.29) is 17.7 Å². The number of para-hydroxylation sites is 1. The summed E-state index contributed by atoms with van der Waals surface area (Å²) in [6, 6.07) is 18.3. The minimum atomic E-state index is -0.609. The predicted octanol–water partition coefficient (Wildman–Crippen LogP) is 3.95. The van der Waals surface area contributed by atoms with E-state index in [4.69, 9.17) is 0 Å². The lowest BCUT2D eigenvalue weighted by Gasteiger charge is -2.23. The third-order valence-electron chi connectivity index (χ3n) is 5.70. The third-order valence-corrected chi connectivity index (χ3v) is 5.70. The Kier molecular flexibility index (Phi) is 7.23. The summed E-state index contributed by atoms with van der Waals surface area (Å²) in [5, 5.41) is 10.6. The molecule has 31 heavy (non-hydrogen) atoms. The highest BCUT2D eigenvalue weighted by Gasteiger charge is 2.26. The minimum Gasteiger partial charge on any atom is -0.350 e. The molecule has 0 aliphatic carbocycles. The highest BCUT2D eigenvalue weighted by atomic mass is 16.2.